The van der Waals surface area contributed by atoms with E-state index in [9.17, 15) is 17.6 Å². The van der Waals surface area contributed by atoms with Gasteiger partial charge < -0.3 is 4.90 Å². The largest absolute Gasteiger partial charge is 0.346 e. The highest BCUT2D eigenvalue weighted by Crippen LogP contribution is 2.38. The fourth-order valence-electron chi connectivity index (χ4n) is 3.53. The van der Waals surface area contributed by atoms with Gasteiger partial charge in [0.05, 0.1) is 17.5 Å². The Morgan fingerprint density at radius 1 is 1.11 bits per heavy atom. The van der Waals surface area contributed by atoms with Gasteiger partial charge in [-0.3, -0.25) is 4.79 Å². The normalized spacial score (nSPS) is 24.5. The molecule has 28 heavy (non-hydrogen) atoms. The average molecular weight is 419 g/mol. The van der Waals surface area contributed by atoms with E-state index >= 15 is 0 Å². The number of rotatable bonds is 4. The summed E-state index contributed by atoms with van der Waals surface area (Å²) in [6, 6.07) is 14.9. The second kappa shape index (κ2) is 7.67. The number of sulfone groups is 1. The SMILES string of the molecule is O=C(N=C1SC2CS(=O)(=O)CC2N1CCc1ccc(F)cc1)c1ccccc1. The molecule has 2 aliphatic heterocycles. The van der Waals surface area contributed by atoms with Crippen LogP contribution in [0.25, 0.3) is 0 Å². The van der Waals surface area contributed by atoms with Gasteiger partial charge >= 0.3 is 0 Å². The minimum absolute atomic E-state index is 0.0760. The monoisotopic (exact) mass is 418 g/mol. The van der Waals surface area contributed by atoms with Crippen LogP contribution in [0.3, 0.4) is 0 Å². The van der Waals surface area contributed by atoms with E-state index in [-0.39, 0.29) is 34.5 Å². The van der Waals surface area contributed by atoms with Crippen molar-refractivity contribution >= 4 is 32.7 Å². The van der Waals surface area contributed by atoms with Crippen molar-refractivity contribution in [2.75, 3.05) is 18.1 Å². The Labute approximate surface area is 167 Å². The number of fused-ring (bicyclic) bond motifs is 1. The van der Waals surface area contributed by atoms with E-state index in [2.05, 4.69) is 4.99 Å². The third-order valence-corrected chi connectivity index (χ3v) is 8.20. The van der Waals surface area contributed by atoms with Gasteiger partial charge in [0.15, 0.2) is 15.0 Å². The Morgan fingerprint density at radius 3 is 2.54 bits per heavy atom. The number of carbonyl (C=O) groups excluding carboxylic acids is 1. The maximum atomic E-state index is 13.1. The van der Waals surface area contributed by atoms with Crippen molar-refractivity contribution < 1.29 is 17.6 Å². The predicted molar refractivity (Wildman–Crippen MR) is 109 cm³/mol. The molecule has 2 fully saturated rings. The van der Waals surface area contributed by atoms with Crippen molar-refractivity contribution in [1.29, 1.82) is 0 Å². The molecule has 2 atom stereocenters. The van der Waals surface area contributed by atoms with Gasteiger partial charge in [0.2, 0.25) is 0 Å². The van der Waals surface area contributed by atoms with Crippen molar-refractivity contribution in [3.8, 4) is 0 Å². The van der Waals surface area contributed by atoms with Crippen LogP contribution in [0.4, 0.5) is 4.39 Å². The third-order valence-electron chi connectivity index (χ3n) is 4.95. The molecule has 4 rings (SSSR count). The highest BCUT2D eigenvalue weighted by atomic mass is 32.2. The number of aliphatic imine (C=N–C) groups is 1. The van der Waals surface area contributed by atoms with Crippen molar-refractivity contribution in [2.45, 2.75) is 17.7 Å². The van der Waals surface area contributed by atoms with Crippen molar-refractivity contribution in [3.05, 3.63) is 71.5 Å². The van der Waals surface area contributed by atoms with Gasteiger partial charge in [-0.05, 0) is 36.2 Å². The Balaban J connectivity index is 1.57. The molecule has 2 aliphatic rings. The molecule has 2 saturated heterocycles. The van der Waals surface area contributed by atoms with Crippen molar-refractivity contribution in [2.24, 2.45) is 4.99 Å². The number of amides is 1. The first kappa shape index (κ1) is 19.1. The van der Waals surface area contributed by atoms with Gasteiger partial charge in [-0.25, -0.2) is 12.8 Å². The van der Waals surface area contributed by atoms with Crippen molar-refractivity contribution in [3.63, 3.8) is 0 Å². The summed E-state index contributed by atoms with van der Waals surface area (Å²) in [5, 5.41) is 0.460. The molecule has 2 aromatic carbocycles. The third kappa shape index (κ3) is 4.12. The molecule has 0 aliphatic carbocycles. The second-order valence-electron chi connectivity index (χ2n) is 6.94. The zero-order chi connectivity index (χ0) is 19.7. The molecule has 2 heterocycles. The summed E-state index contributed by atoms with van der Waals surface area (Å²) in [4.78, 5) is 18.7. The van der Waals surface area contributed by atoms with Crippen LogP contribution in [-0.4, -0.2) is 53.7 Å². The molecule has 2 unspecified atom stereocenters. The number of carbonyl (C=O) groups is 1. The summed E-state index contributed by atoms with van der Waals surface area (Å²) in [5.74, 6) is -0.448. The lowest BCUT2D eigenvalue weighted by molar-refractivity contribution is 0.100. The van der Waals surface area contributed by atoms with Crippen LogP contribution in [0.5, 0.6) is 0 Å². The zero-order valence-corrected chi connectivity index (χ0v) is 16.6. The number of hydrogen-bond donors (Lipinski definition) is 0. The van der Waals surface area contributed by atoms with Gasteiger partial charge in [0, 0.05) is 17.4 Å². The molecule has 0 N–H and O–H groups in total. The highest BCUT2D eigenvalue weighted by molar-refractivity contribution is 8.15. The lowest BCUT2D eigenvalue weighted by atomic mass is 10.1. The van der Waals surface area contributed by atoms with Crippen LogP contribution in [0, 0.1) is 5.82 Å². The Morgan fingerprint density at radius 2 is 1.82 bits per heavy atom. The number of amidine groups is 1. The summed E-state index contributed by atoms with van der Waals surface area (Å²) in [7, 11) is -3.08. The Kier molecular flexibility index (Phi) is 5.25. The van der Waals surface area contributed by atoms with E-state index in [4.69, 9.17) is 0 Å². The molecule has 2 aromatic rings. The predicted octanol–water partition coefficient (Wildman–Crippen LogP) is 2.78. The van der Waals surface area contributed by atoms with Crippen LogP contribution in [-0.2, 0) is 16.3 Å². The fraction of sp³-hybridized carbons (Fsp3) is 0.300. The standard InChI is InChI=1S/C20H19FN2O3S2/c21-16-8-6-14(7-9-16)10-11-23-17-12-28(25,26)13-18(17)27-20(23)22-19(24)15-4-2-1-3-5-15/h1-9,17-18H,10-13H2. The summed E-state index contributed by atoms with van der Waals surface area (Å²) >= 11 is 1.37. The molecule has 5 nitrogen and oxygen atoms in total. The minimum atomic E-state index is -3.08. The maximum absolute atomic E-state index is 13.1. The zero-order valence-electron chi connectivity index (χ0n) is 15.0. The van der Waals surface area contributed by atoms with E-state index in [1.807, 2.05) is 11.0 Å². The van der Waals surface area contributed by atoms with E-state index < -0.39 is 9.84 Å². The topological polar surface area (TPSA) is 66.8 Å². The minimum Gasteiger partial charge on any atom is -0.346 e. The number of hydrogen-bond acceptors (Lipinski definition) is 4. The summed E-state index contributed by atoms with van der Waals surface area (Å²) < 4.78 is 37.2. The molecule has 146 valence electrons. The van der Waals surface area contributed by atoms with Crippen molar-refractivity contribution in [1.82, 2.24) is 4.90 Å². The van der Waals surface area contributed by atoms with Gasteiger partial charge in [-0.1, -0.05) is 42.1 Å². The number of benzene rings is 2. The number of thioether (sulfide) groups is 1. The first-order chi connectivity index (χ1) is 13.4. The molecule has 1 amide bonds. The fourth-order valence-corrected chi connectivity index (χ4v) is 7.51. The van der Waals surface area contributed by atoms with Gasteiger partial charge in [0.1, 0.15) is 5.82 Å². The lowest BCUT2D eigenvalue weighted by Crippen LogP contribution is -2.39. The average Bonchev–Trinajstić information content (AvgIpc) is 3.13. The first-order valence-corrected chi connectivity index (χ1v) is 11.7. The van der Waals surface area contributed by atoms with Crippen LogP contribution < -0.4 is 0 Å². The Bertz CT molecular complexity index is 1010. The van der Waals surface area contributed by atoms with Gasteiger partial charge in [-0.15, -0.1) is 0 Å². The molecular formula is C20H19FN2O3S2. The molecule has 0 spiro atoms. The van der Waals surface area contributed by atoms with Gasteiger partial charge in [0.25, 0.3) is 5.91 Å². The van der Waals surface area contributed by atoms with Crippen LogP contribution in [0.15, 0.2) is 59.6 Å². The van der Waals surface area contributed by atoms with E-state index in [1.165, 1.54) is 23.9 Å². The Hall–Kier alpha value is -2.19. The smallest absolute Gasteiger partial charge is 0.279 e. The quantitative estimate of drug-likeness (QED) is 0.764. The summed E-state index contributed by atoms with van der Waals surface area (Å²) in [6.45, 7) is 0.524. The van der Waals surface area contributed by atoms with Crippen LogP contribution >= 0.6 is 11.8 Å². The van der Waals surface area contributed by atoms with Gasteiger partial charge in [-0.2, -0.15) is 4.99 Å². The summed E-state index contributed by atoms with van der Waals surface area (Å²) in [5.41, 5.74) is 1.45. The second-order valence-corrected chi connectivity index (χ2v) is 10.3. The number of halogens is 1. The molecule has 0 saturated carbocycles. The van der Waals surface area contributed by atoms with E-state index in [0.29, 0.717) is 23.7 Å². The molecular weight excluding hydrogens is 399 g/mol. The lowest BCUT2D eigenvalue weighted by Gasteiger charge is -2.24. The highest BCUT2D eigenvalue weighted by Gasteiger charge is 2.48. The van der Waals surface area contributed by atoms with Crippen LogP contribution in [0.1, 0.15) is 15.9 Å². The summed E-state index contributed by atoms with van der Waals surface area (Å²) in [6.07, 6.45) is 0.614. The molecule has 0 bridgehead atoms. The molecule has 8 heteroatoms. The number of nitrogens with zero attached hydrogens (tertiary/aromatic N) is 2. The molecule has 0 aromatic heterocycles. The molecule has 0 radical (unpaired) electrons. The van der Waals surface area contributed by atoms with E-state index in [0.717, 1.165) is 5.56 Å². The maximum Gasteiger partial charge on any atom is 0.279 e. The first-order valence-electron chi connectivity index (χ1n) is 8.97. The van der Waals surface area contributed by atoms with E-state index in [1.54, 1.807) is 36.4 Å². The van der Waals surface area contributed by atoms with Crippen LogP contribution in [0.2, 0.25) is 0 Å².